The summed E-state index contributed by atoms with van der Waals surface area (Å²) in [6.07, 6.45) is 4.34. The lowest BCUT2D eigenvalue weighted by atomic mass is 10.0. The Morgan fingerprint density at radius 3 is 2.35 bits per heavy atom. The predicted octanol–water partition coefficient (Wildman–Crippen LogP) is 1.09. The fourth-order valence-electron chi connectivity index (χ4n) is 2.99. The Morgan fingerprint density at radius 1 is 1.24 bits per heavy atom. The fraction of sp³-hybridized carbons (Fsp3) is 0.923. The molecule has 4 heteroatoms. The molecule has 4 nitrogen and oxygen atoms in total. The molecule has 0 aromatic rings. The van der Waals surface area contributed by atoms with Gasteiger partial charge < -0.3 is 9.47 Å². The SMILES string of the molecule is COC1CN(CCC2CCCC2=O)CC1OC. The molecule has 3 atom stereocenters. The summed E-state index contributed by atoms with van der Waals surface area (Å²) in [5, 5.41) is 0. The summed E-state index contributed by atoms with van der Waals surface area (Å²) in [6.45, 7) is 2.85. The Hall–Kier alpha value is -0.450. The summed E-state index contributed by atoms with van der Waals surface area (Å²) in [4.78, 5) is 13.9. The Morgan fingerprint density at radius 2 is 1.88 bits per heavy atom. The molecule has 2 aliphatic rings. The Balaban J connectivity index is 1.75. The quantitative estimate of drug-likeness (QED) is 0.722. The number of likely N-dealkylation sites (tertiary alicyclic amines) is 1. The van der Waals surface area contributed by atoms with Crippen LogP contribution in [0.5, 0.6) is 0 Å². The molecule has 2 rings (SSSR count). The highest BCUT2D eigenvalue weighted by Gasteiger charge is 2.33. The molecule has 1 heterocycles. The molecule has 0 aromatic carbocycles. The lowest BCUT2D eigenvalue weighted by Gasteiger charge is -2.17. The number of hydrogen-bond acceptors (Lipinski definition) is 4. The predicted molar refractivity (Wildman–Crippen MR) is 65.0 cm³/mol. The van der Waals surface area contributed by atoms with E-state index >= 15 is 0 Å². The largest absolute Gasteiger partial charge is 0.377 e. The number of ether oxygens (including phenoxy) is 2. The van der Waals surface area contributed by atoms with Crippen molar-refractivity contribution in [3.05, 3.63) is 0 Å². The average Bonchev–Trinajstić information content (AvgIpc) is 2.92. The number of nitrogens with zero attached hydrogens (tertiary/aromatic N) is 1. The number of rotatable bonds is 5. The van der Waals surface area contributed by atoms with E-state index in [1.807, 2.05) is 0 Å². The molecule has 0 N–H and O–H groups in total. The van der Waals surface area contributed by atoms with Crippen LogP contribution in [0.3, 0.4) is 0 Å². The molecule has 3 unspecified atom stereocenters. The zero-order chi connectivity index (χ0) is 12.3. The number of methoxy groups -OCH3 is 2. The van der Waals surface area contributed by atoms with Gasteiger partial charge in [0.2, 0.25) is 0 Å². The number of Topliss-reactive ketones (excluding diaryl/α,β-unsaturated/α-hetero) is 1. The van der Waals surface area contributed by atoms with Gasteiger partial charge in [0.1, 0.15) is 5.78 Å². The maximum atomic E-state index is 11.6. The van der Waals surface area contributed by atoms with Gasteiger partial charge in [0, 0.05) is 39.6 Å². The van der Waals surface area contributed by atoms with Crippen LogP contribution in [0, 0.1) is 5.92 Å². The first-order valence-corrected chi connectivity index (χ1v) is 6.55. The second-order valence-corrected chi connectivity index (χ2v) is 5.15. The Bertz CT molecular complexity index is 257. The van der Waals surface area contributed by atoms with Crippen molar-refractivity contribution in [2.45, 2.75) is 37.9 Å². The van der Waals surface area contributed by atoms with Crippen LogP contribution in [-0.4, -0.2) is 56.7 Å². The monoisotopic (exact) mass is 241 g/mol. The van der Waals surface area contributed by atoms with E-state index in [2.05, 4.69) is 4.90 Å². The van der Waals surface area contributed by atoms with Crippen LogP contribution in [-0.2, 0) is 14.3 Å². The Labute approximate surface area is 103 Å². The van der Waals surface area contributed by atoms with Crippen molar-refractivity contribution < 1.29 is 14.3 Å². The van der Waals surface area contributed by atoms with Crippen molar-refractivity contribution in [2.75, 3.05) is 33.9 Å². The molecular formula is C13H23NO3. The van der Waals surface area contributed by atoms with Crippen LogP contribution in [0.15, 0.2) is 0 Å². The lowest BCUT2D eigenvalue weighted by Crippen LogP contribution is -2.27. The van der Waals surface area contributed by atoms with E-state index in [-0.39, 0.29) is 12.2 Å². The van der Waals surface area contributed by atoms with Gasteiger partial charge in [0.25, 0.3) is 0 Å². The zero-order valence-electron chi connectivity index (χ0n) is 10.9. The van der Waals surface area contributed by atoms with Gasteiger partial charge in [-0.3, -0.25) is 9.69 Å². The second-order valence-electron chi connectivity index (χ2n) is 5.15. The van der Waals surface area contributed by atoms with Gasteiger partial charge in [0.05, 0.1) is 12.2 Å². The maximum absolute atomic E-state index is 11.6. The van der Waals surface area contributed by atoms with Crippen LogP contribution in [0.4, 0.5) is 0 Å². The summed E-state index contributed by atoms with van der Waals surface area (Å²) >= 11 is 0. The van der Waals surface area contributed by atoms with Crippen LogP contribution in [0.25, 0.3) is 0 Å². The zero-order valence-corrected chi connectivity index (χ0v) is 10.9. The molecule has 0 radical (unpaired) electrons. The van der Waals surface area contributed by atoms with Crippen molar-refractivity contribution in [1.82, 2.24) is 4.90 Å². The highest BCUT2D eigenvalue weighted by molar-refractivity contribution is 5.82. The van der Waals surface area contributed by atoms with E-state index in [4.69, 9.17) is 9.47 Å². The number of carbonyl (C=O) groups is 1. The lowest BCUT2D eigenvalue weighted by molar-refractivity contribution is -0.120. The average molecular weight is 241 g/mol. The standard InChI is InChI=1S/C13H23NO3/c1-16-12-8-14(9-13(12)17-2)7-6-10-4-3-5-11(10)15/h10,12-13H,3-9H2,1-2H3. The summed E-state index contributed by atoms with van der Waals surface area (Å²) in [5.74, 6) is 0.786. The first kappa shape index (κ1) is 13.0. The first-order valence-electron chi connectivity index (χ1n) is 6.55. The molecular weight excluding hydrogens is 218 g/mol. The maximum Gasteiger partial charge on any atom is 0.136 e. The van der Waals surface area contributed by atoms with Crippen LogP contribution in [0.1, 0.15) is 25.7 Å². The first-order chi connectivity index (χ1) is 8.24. The van der Waals surface area contributed by atoms with Crippen LogP contribution < -0.4 is 0 Å². The van der Waals surface area contributed by atoms with E-state index < -0.39 is 0 Å². The molecule has 17 heavy (non-hydrogen) atoms. The van der Waals surface area contributed by atoms with Gasteiger partial charge in [0.15, 0.2) is 0 Å². The van der Waals surface area contributed by atoms with Crippen molar-refractivity contribution in [2.24, 2.45) is 5.92 Å². The second kappa shape index (κ2) is 5.94. The molecule has 1 aliphatic carbocycles. The summed E-state index contributed by atoms with van der Waals surface area (Å²) < 4.78 is 10.8. The molecule has 0 spiro atoms. The van der Waals surface area contributed by atoms with E-state index in [0.717, 1.165) is 45.3 Å². The minimum atomic E-state index is 0.180. The highest BCUT2D eigenvalue weighted by atomic mass is 16.5. The van der Waals surface area contributed by atoms with Crippen LogP contribution >= 0.6 is 0 Å². The van der Waals surface area contributed by atoms with E-state index in [1.54, 1.807) is 14.2 Å². The van der Waals surface area contributed by atoms with Crippen molar-refractivity contribution in [3.8, 4) is 0 Å². The topological polar surface area (TPSA) is 38.8 Å². The van der Waals surface area contributed by atoms with Crippen LogP contribution in [0.2, 0.25) is 0 Å². The molecule has 0 aromatic heterocycles. The smallest absolute Gasteiger partial charge is 0.136 e. The van der Waals surface area contributed by atoms with Crippen molar-refractivity contribution in [3.63, 3.8) is 0 Å². The molecule has 1 saturated heterocycles. The van der Waals surface area contributed by atoms with Gasteiger partial charge in [-0.1, -0.05) is 0 Å². The van der Waals surface area contributed by atoms with Gasteiger partial charge >= 0.3 is 0 Å². The summed E-state index contributed by atoms with van der Waals surface area (Å²) in [5.41, 5.74) is 0. The van der Waals surface area contributed by atoms with Gasteiger partial charge in [-0.05, 0) is 25.8 Å². The molecule has 2 fully saturated rings. The van der Waals surface area contributed by atoms with E-state index in [0.29, 0.717) is 11.7 Å². The normalized spacial score (nSPS) is 34.7. The fourth-order valence-corrected chi connectivity index (χ4v) is 2.99. The third-order valence-electron chi connectivity index (χ3n) is 4.12. The number of hydrogen-bond donors (Lipinski definition) is 0. The van der Waals surface area contributed by atoms with Crippen molar-refractivity contribution >= 4 is 5.78 Å². The molecule has 0 bridgehead atoms. The minimum Gasteiger partial charge on any atom is -0.377 e. The number of ketones is 1. The third-order valence-corrected chi connectivity index (χ3v) is 4.12. The minimum absolute atomic E-state index is 0.180. The Kier molecular flexibility index (Phi) is 4.54. The summed E-state index contributed by atoms with van der Waals surface area (Å²) in [7, 11) is 3.47. The molecule has 98 valence electrons. The molecule has 1 saturated carbocycles. The van der Waals surface area contributed by atoms with Gasteiger partial charge in [-0.2, -0.15) is 0 Å². The summed E-state index contributed by atoms with van der Waals surface area (Å²) in [6, 6.07) is 0. The third kappa shape index (κ3) is 3.06. The van der Waals surface area contributed by atoms with E-state index in [1.165, 1.54) is 0 Å². The molecule has 1 aliphatic heterocycles. The number of carbonyl (C=O) groups excluding carboxylic acids is 1. The van der Waals surface area contributed by atoms with Crippen molar-refractivity contribution in [1.29, 1.82) is 0 Å². The highest BCUT2D eigenvalue weighted by Crippen LogP contribution is 2.25. The van der Waals surface area contributed by atoms with Gasteiger partial charge in [-0.15, -0.1) is 0 Å². The van der Waals surface area contributed by atoms with E-state index in [9.17, 15) is 4.79 Å². The molecule has 0 amide bonds. The van der Waals surface area contributed by atoms with Gasteiger partial charge in [-0.25, -0.2) is 0 Å².